The van der Waals surface area contributed by atoms with Crippen LogP contribution in [-0.2, 0) is 18.4 Å². The summed E-state index contributed by atoms with van der Waals surface area (Å²) >= 11 is 0. The van der Waals surface area contributed by atoms with E-state index in [4.69, 9.17) is 0 Å². The molecular weight excluding hydrogens is 288 g/mol. The molecule has 0 unspecified atom stereocenters. The van der Waals surface area contributed by atoms with E-state index in [1.165, 1.54) is 5.56 Å². The zero-order valence-electron chi connectivity index (χ0n) is 13.5. The van der Waals surface area contributed by atoms with Gasteiger partial charge in [-0.25, -0.2) is 0 Å². The molecule has 2 aliphatic heterocycles. The Morgan fingerprint density at radius 3 is 2.78 bits per heavy atom. The summed E-state index contributed by atoms with van der Waals surface area (Å²) in [6.07, 6.45) is 5.77. The van der Waals surface area contributed by atoms with Crippen LogP contribution in [0.25, 0.3) is 0 Å². The second-order valence-corrected chi connectivity index (χ2v) is 6.98. The molecule has 2 saturated heterocycles. The third-order valence-corrected chi connectivity index (χ3v) is 5.07. The van der Waals surface area contributed by atoms with Gasteiger partial charge in [-0.15, -0.1) is 0 Å². The van der Waals surface area contributed by atoms with Gasteiger partial charge in [0.2, 0.25) is 5.91 Å². The first-order valence-corrected chi connectivity index (χ1v) is 8.19. The Balaban J connectivity index is 1.45. The lowest BCUT2D eigenvalue weighted by Crippen LogP contribution is -2.31. The van der Waals surface area contributed by atoms with Crippen LogP contribution in [0, 0.1) is 5.41 Å². The van der Waals surface area contributed by atoms with Crippen molar-refractivity contribution < 1.29 is 4.79 Å². The molecule has 1 spiro atoms. The van der Waals surface area contributed by atoms with Crippen LogP contribution in [0.5, 0.6) is 0 Å². The van der Waals surface area contributed by atoms with E-state index < -0.39 is 0 Å². The number of anilines is 1. The van der Waals surface area contributed by atoms with Crippen LogP contribution < -0.4 is 4.90 Å². The number of hydrogen-bond donors (Lipinski definition) is 0. The molecule has 2 aromatic rings. The average Bonchev–Trinajstić information content (AvgIpc) is 3.22. The first-order chi connectivity index (χ1) is 11.1. The summed E-state index contributed by atoms with van der Waals surface area (Å²) in [7, 11) is 1.95. The van der Waals surface area contributed by atoms with Crippen molar-refractivity contribution in [2.45, 2.75) is 19.4 Å². The zero-order valence-corrected chi connectivity index (χ0v) is 13.5. The molecule has 5 nitrogen and oxygen atoms in total. The maximum atomic E-state index is 12.5. The predicted octanol–water partition coefficient (Wildman–Crippen LogP) is 2.05. The van der Waals surface area contributed by atoms with Gasteiger partial charge in [-0.2, -0.15) is 5.10 Å². The van der Waals surface area contributed by atoms with Gasteiger partial charge in [0.05, 0.1) is 6.20 Å². The highest BCUT2D eigenvalue weighted by atomic mass is 16.2. The molecule has 0 bridgehead atoms. The SMILES string of the molecule is Cn1cc(CN2CC[C@]3(CC(=O)N(c4ccccc4)C3)C2)cn1. The Hall–Kier alpha value is -2.14. The van der Waals surface area contributed by atoms with Crippen molar-refractivity contribution >= 4 is 11.6 Å². The minimum atomic E-state index is 0.120. The molecule has 0 N–H and O–H groups in total. The summed E-state index contributed by atoms with van der Waals surface area (Å²) in [4.78, 5) is 16.9. The van der Waals surface area contributed by atoms with Crippen molar-refractivity contribution in [1.82, 2.24) is 14.7 Å². The molecule has 1 aromatic heterocycles. The van der Waals surface area contributed by atoms with Crippen LogP contribution in [0.4, 0.5) is 5.69 Å². The van der Waals surface area contributed by atoms with Crippen LogP contribution in [0.3, 0.4) is 0 Å². The summed E-state index contributed by atoms with van der Waals surface area (Å²) < 4.78 is 1.84. The van der Waals surface area contributed by atoms with E-state index in [1.807, 2.05) is 53.2 Å². The van der Waals surface area contributed by atoms with E-state index >= 15 is 0 Å². The number of aromatic nitrogens is 2. The molecule has 23 heavy (non-hydrogen) atoms. The summed E-state index contributed by atoms with van der Waals surface area (Å²) in [6.45, 7) is 3.83. The smallest absolute Gasteiger partial charge is 0.227 e. The lowest BCUT2D eigenvalue weighted by atomic mass is 9.86. The van der Waals surface area contributed by atoms with Crippen molar-refractivity contribution in [3.63, 3.8) is 0 Å². The van der Waals surface area contributed by atoms with Gasteiger partial charge in [-0.3, -0.25) is 14.4 Å². The molecule has 0 saturated carbocycles. The number of para-hydroxylation sites is 1. The molecule has 1 amide bonds. The van der Waals surface area contributed by atoms with E-state index in [-0.39, 0.29) is 11.3 Å². The van der Waals surface area contributed by atoms with E-state index in [0.29, 0.717) is 6.42 Å². The largest absolute Gasteiger partial charge is 0.312 e. The third-order valence-electron chi connectivity index (χ3n) is 5.07. The average molecular weight is 310 g/mol. The van der Waals surface area contributed by atoms with Gasteiger partial charge in [0, 0.05) is 56.0 Å². The second-order valence-electron chi connectivity index (χ2n) is 6.98. The maximum Gasteiger partial charge on any atom is 0.227 e. The van der Waals surface area contributed by atoms with E-state index in [2.05, 4.69) is 16.2 Å². The number of carbonyl (C=O) groups is 1. The minimum Gasteiger partial charge on any atom is -0.312 e. The quantitative estimate of drug-likeness (QED) is 0.871. The standard InChI is InChI=1S/C18H22N4O/c1-20-11-15(10-19-20)12-21-8-7-18(13-21)9-17(23)22(14-18)16-5-3-2-4-6-16/h2-6,10-11H,7-9,12-14H2,1H3/t18-/m0/s1. The molecular formula is C18H22N4O. The van der Waals surface area contributed by atoms with Gasteiger partial charge >= 0.3 is 0 Å². The lowest BCUT2D eigenvalue weighted by molar-refractivity contribution is -0.117. The molecule has 0 radical (unpaired) electrons. The highest BCUT2D eigenvalue weighted by molar-refractivity contribution is 5.96. The molecule has 1 aromatic carbocycles. The first-order valence-electron chi connectivity index (χ1n) is 8.19. The fraction of sp³-hybridized carbons (Fsp3) is 0.444. The highest BCUT2D eigenvalue weighted by Gasteiger charge is 2.47. The predicted molar refractivity (Wildman–Crippen MR) is 88.9 cm³/mol. The van der Waals surface area contributed by atoms with Gasteiger partial charge in [-0.05, 0) is 25.1 Å². The monoisotopic (exact) mass is 310 g/mol. The Morgan fingerprint density at radius 2 is 2.04 bits per heavy atom. The van der Waals surface area contributed by atoms with E-state index in [0.717, 1.165) is 38.3 Å². The zero-order chi connectivity index (χ0) is 15.9. The maximum absolute atomic E-state index is 12.5. The van der Waals surface area contributed by atoms with Crippen LogP contribution in [0.1, 0.15) is 18.4 Å². The van der Waals surface area contributed by atoms with Crippen molar-refractivity contribution in [1.29, 1.82) is 0 Å². The summed E-state index contributed by atoms with van der Waals surface area (Å²) in [5, 5.41) is 4.24. The molecule has 4 rings (SSSR count). The van der Waals surface area contributed by atoms with Crippen LogP contribution >= 0.6 is 0 Å². The number of likely N-dealkylation sites (tertiary alicyclic amines) is 1. The topological polar surface area (TPSA) is 41.4 Å². The number of hydrogen-bond acceptors (Lipinski definition) is 3. The number of benzene rings is 1. The van der Waals surface area contributed by atoms with E-state index in [9.17, 15) is 4.79 Å². The van der Waals surface area contributed by atoms with Crippen LogP contribution in [0.2, 0.25) is 0 Å². The Labute approximate surface area is 136 Å². The summed E-state index contributed by atoms with van der Waals surface area (Å²) in [6, 6.07) is 10.0. The van der Waals surface area contributed by atoms with Gasteiger partial charge in [0.1, 0.15) is 0 Å². The number of rotatable bonds is 3. The lowest BCUT2D eigenvalue weighted by Gasteiger charge is -2.24. The molecule has 2 aliphatic rings. The van der Waals surface area contributed by atoms with Crippen molar-refractivity contribution in [3.05, 3.63) is 48.3 Å². The summed E-state index contributed by atoms with van der Waals surface area (Å²) in [5.41, 5.74) is 2.39. The Bertz CT molecular complexity index is 711. The van der Waals surface area contributed by atoms with Crippen LogP contribution in [0.15, 0.2) is 42.7 Å². The molecule has 3 heterocycles. The number of nitrogens with zero attached hydrogens (tertiary/aromatic N) is 4. The Kier molecular flexibility index (Phi) is 3.45. The van der Waals surface area contributed by atoms with Gasteiger partial charge in [-0.1, -0.05) is 18.2 Å². The van der Waals surface area contributed by atoms with Crippen molar-refractivity contribution in [2.24, 2.45) is 12.5 Å². The fourth-order valence-corrected chi connectivity index (χ4v) is 3.99. The molecule has 1 atom stereocenters. The van der Waals surface area contributed by atoms with Gasteiger partial charge < -0.3 is 4.90 Å². The summed E-state index contributed by atoms with van der Waals surface area (Å²) in [5.74, 6) is 0.263. The third kappa shape index (κ3) is 2.77. The Morgan fingerprint density at radius 1 is 1.22 bits per heavy atom. The molecule has 2 fully saturated rings. The first kappa shape index (κ1) is 14.5. The fourth-order valence-electron chi connectivity index (χ4n) is 3.99. The van der Waals surface area contributed by atoms with Gasteiger partial charge in [0.15, 0.2) is 0 Å². The molecule has 120 valence electrons. The number of carbonyl (C=O) groups excluding carboxylic acids is 1. The van der Waals surface area contributed by atoms with Crippen molar-refractivity contribution in [2.75, 3.05) is 24.5 Å². The van der Waals surface area contributed by atoms with Crippen molar-refractivity contribution in [3.8, 4) is 0 Å². The second kappa shape index (κ2) is 5.49. The molecule has 5 heteroatoms. The number of amides is 1. The van der Waals surface area contributed by atoms with Crippen LogP contribution in [-0.4, -0.2) is 40.2 Å². The van der Waals surface area contributed by atoms with Gasteiger partial charge in [0.25, 0.3) is 0 Å². The number of aryl methyl sites for hydroxylation is 1. The molecule has 0 aliphatic carbocycles. The normalized spacial score (nSPS) is 24.9. The highest BCUT2D eigenvalue weighted by Crippen LogP contribution is 2.42. The minimum absolute atomic E-state index is 0.120. The van der Waals surface area contributed by atoms with E-state index in [1.54, 1.807) is 0 Å².